The smallest absolute Gasteiger partial charge is 0.306 e. The largest absolute Gasteiger partial charge is 0.481 e. The molecule has 1 fully saturated rings. The van der Waals surface area contributed by atoms with E-state index in [0.29, 0.717) is 25.2 Å². The van der Waals surface area contributed by atoms with Crippen LogP contribution in [0.25, 0.3) is 0 Å². The van der Waals surface area contributed by atoms with E-state index in [1.807, 2.05) is 0 Å². The molecule has 1 aliphatic carbocycles. The van der Waals surface area contributed by atoms with Crippen molar-refractivity contribution in [2.24, 2.45) is 10.9 Å². The molecule has 1 saturated carbocycles. The van der Waals surface area contributed by atoms with Crippen molar-refractivity contribution in [1.82, 2.24) is 0 Å². The summed E-state index contributed by atoms with van der Waals surface area (Å²) in [5, 5.41) is 9.06. The van der Waals surface area contributed by atoms with Crippen molar-refractivity contribution in [3.05, 3.63) is 35.6 Å². The fourth-order valence-electron chi connectivity index (χ4n) is 2.87. The minimum atomic E-state index is -0.745. The van der Waals surface area contributed by atoms with Gasteiger partial charge in [0.05, 0.1) is 12.0 Å². The van der Waals surface area contributed by atoms with E-state index in [4.69, 9.17) is 9.84 Å². The van der Waals surface area contributed by atoms with Crippen molar-refractivity contribution in [3.63, 3.8) is 0 Å². The molecular weight excluding hydrogens is 261 g/mol. The number of nitrogens with zero attached hydrogens (tertiary/aromatic N) is 1. The van der Waals surface area contributed by atoms with Crippen molar-refractivity contribution < 1.29 is 19.0 Å². The predicted octanol–water partition coefficient (Wildman–Crippen LogP) is 2.42. The Morgan fingerprint density at radius 1 is 1.35 bits per heavy atom. The Kier molecular flexibility index (Phi) is 3.42. The summed E-state index contributed by atoms with van der Waals surface area (Å²) in [6, 6.07) is 6.21. The van der Waals surface area contributed by atoms with Crippen molar-refractivity contribution in [3.8, 4) is 0 Å². The summed E-state index contributed by atoms with van der Waals surface area (Å²) in [7, 11) is 0. The highest BCUT2D eigenvalue weighted by Gasteiger charge is 2.39. The molecule has 0 bridgehead atoms. The zero-order valence-corrected chi connectivity index (χ0v) is 11.0. The lowest BCUT2D eigenvalue weighted by Gasteiger charge is -2.26. The molecule has 3 rings (SSSR count). The second kappa shape index (κ2) is 5.23. The summed E-state index contributed by atoms with van der Waals surface area (Å²) in [5.41, 5.74) is 0.943. The first-order valence-corrected chi connectivity index (χ1v) is 6.82. The molecule has 0 amide bonds. The third kappa shape index (κ3) is 2.66. The van der Waals surface area contributed by atoms with Crippen molar-refractivity contribution in [2.75, 3.05) is 0 Å². The standard InChI is InChI=1S/C15H16FNO3/c16-11-4-1-9(2-5-11)7-14-17-12-8-10(15(18)19)3-6-13(12)20-14/h1-2,4-5,10,12-13H,3,6-8H2,(H,18,19). The SMILES string of the molecule is O=C(O)C1CCC2OC(Cc3ccc(F)cc3)=NC2C1. The van der Waals surface area contributed by atoms with Crippen LogP contribution < -0.4 is 0 Å². The second-order valence-electron chi connectivity index (χ2n) is 5.40. The van der Waals surface area contributed by atoms with Gasteiger partial charge in [-0.3, -0.25) is 4.79 Å². The van der Waals surface area contributed by atoms with Crippen LogP contribution in [0.15, 0.2) is 29.3 Å². The highest BCUT2D eigenvalue weighted by molar-refractivity contribution is 5.81. The summed E-state index contributed by atoms with van der Waals surface area (Å²) < 4.78 is 18.6. The molecule has 3 unspecified atom stereocenters. The Morgan fingerprint density at radius 3 is 2.80 bits per heavy atom. The third-order valence-electron chi connectivity index (χ3n) is 3.97. The fourth-order valence-corrected chi connectivity index (χ4v) is 2.87. The van der Waals surface area contributed by atoms with E-state index in [1.165, 1.54) is 12.1 Å². The van der Waals surface area contributed by atoms with Gasteiger partial charge in [-0.25, -0.2) is 9.38 Å². The molecule has 1 N–H and O–H groups in total. The van der Waals surface area contributed by atoms with Gasteiger partial charge in [0.15, 0.2) is 5.90 Å². The maximum Gasteiger partial charge on any atom is 0.306 e. The Labute approximate surface area is 116 Å². The third-order valence-corrected chi connectivity index (χ3v) is 3.97. The molecule has 1 aliphatic heterocycles. The molecule has 4 nitrogen and oxygen atoms in total. The minimum Gasteiger partial charge on any atom is -0.481 e. The molecule has 0 spiro atoms. The van der Waals surface area contributed by atoms with Crippen molar-refractivity contribution >= 4 is 11.9 Å². The summed E-state index contributed by atoms with van der Waals surface area (Å²) in [4.78, 5) is 15.5. The van der Waals surface area contributed by atoms with E-state index in [2.05, 4.69) is 4.99 Å². The van der Waals surface area contributed by atoms with E-state index in [9.17, 15) is 9.18 Å². The molecule has 0 saturated heterocycles. The number of carboxylic acids is 1. The molecule has 0 radical (unpaired) electrons. The topological polar surface area (TPSA) is 58.9 Å². The molecular formula is C15H16FNO3. The first-order chi connectivity index (χ1) is 9.61. The number of halogens is 1. The second-order valence-corrected chi connectivity index (χ2v) is 5.40. The molecule has 2 aliphatic rings. The highest BCUT2D eigenvalue weighted by atomic mass is 19.1. The lowest BCUT2D eigenvalue weighted by molar-refractivity contribution is -0.143. The number of hydrogen-bond donors (Lipinski definition) is 1. The summed E-state index contributed by atoms with van der Waals surface area (Å²) in [6.45, 7) is 0. The van der Waals surface area contributed by atoms with Crippen LogP contribution in [0.1, 0.15) is 24.8 Å². The average Bonchev–Trinajstić information content (AvgIpc) is 2.82. The summed E-state index contributed by atoms with van der Waals surface area (Å²) in [6.07, 6.45) is 2.48. The van der Waals surface area contributed by atoms with Crippen LogP contribution in [0.3, 0.4) is 0 Å². The van der Waals surface area contributed by atoms with Gasteiger partial charge in [-0.2, -0.15) is 0 Å². The summed E-state index contributed by atoms with van der Waals surface area (Å²) in [5.74, 6) is -0.682. The van der Waals surface area contributed by atoms with Gasteiger partial charge in [-0.15, -0.1) is 0 Å². The van der Waals surface area contributed by atoms with Gasteiger partial charge in [0.1, 0.15) is 11.9 Å². The Bertz CT molecular complexity index is 541. The lowest BCUT2D eigenvalue weighted by Crippen LogP contribution is -2.33. The monoisotopic (exact) mass is 277 g/mol. The van der Waals surface area contributed by atoms with Gasteiger partial charge < -0.3 is 9.84 Å². The normalized spacial score (nSPS) is 28.4. The maximum atomic E-state index is 12.8. The van der Waals surface area contributed by atoms with Crippen LogP contribution in [-0.2, 0) is 16.0 Å². The first-order valence-electron chi connectivity index (χ1n) is 6.82. The van der Waals surface area contributed by atoms with E-state index in [1.54, 1.807) is 12.1 Å². The first kappa shape index (κ1) is 13.1. The van der Waals surface area contributed by atoms with Gasteiger partial charge in [0.2, 0.25) is 0 Å². The number of carbonyl (C=O) groups is 1. The Morgan fingerprint density at radius 2 is 2.10 bits per heavy atom. The number of aliphatic imine (C=N–C) groups is 1. The van der Waals surface area contributed by atoms with E-state index in [0.717, 1.165) is 12.0 Å². The zero-order valence-electron chi connectivity index (χ0n) is 11.0. The number of benzene rings is 1. The lowest BCUT2D eigenvalue weighted by atomic mass is 9.84. The number of hydrogen-bond acceptors (Lipinski definition) is 3. The Balaban J connectivity index is 1.66. The Hall–Kier alpha value is -1.91. The number of carboxylic acid groups (broad SMARTS) is 1. The van der Waals surface area contributed by atoms with E-state index >= 15 is 0 Å². The fraction of sp³-hybridized carbons (Fsp3) is 0.467. The molecule has 20 heavy (non-hydrogen) atoms. The molecule has 3 atom stereocenters. The van der Waals surface area contributed by atoms with Crippen LogP contribution in [0.5, 0.6) is 0 Å². The van der Waals surface area contributed by atoms with Crippen LogP contribution >= 0.6 is 0 Å². The van der Waals surface area contributed by atoms with Gasteiger partial charge in [0.25, 0.3) is 0 Å². The van der Waals surface area contributed by atoms with E-state index in [-0.39, 0.29) is 23.9 Å². The summed E-state index contributed by atoms with van der Waals surface area (Å²) >= 11 is 0. The average molecular weight is 277 g/mol. The van der Waals surface area contributed by atoms with Crippen LogP contribution in [0, 0.1) is 11.7 Å². The van der Waals surface area contributed by atoms with Gasteiger partial charge in [-0.1, -0.05) is 12.1 Å². The zero-order chi connectivity index (χ0) is 14.1. The molecule has 1 heterocycles. The van der Waals surface area contributed by atoms with Crippen LogP contribution in [0.4, 0.5) is 4.39 Å². The quantitative estimate of drug-likeness (QED) is 0.923. The molecule has 1 aromatic rings. The molecule has 0 aromatic heterocycles. The van der Waals surface area contributed by atoms with Crippen LogP contribution in [0.2, 0.25) is 0 Å². The van der Waals surface area contributed by atoms with Gasteiger partial charge in [-0.05, 0) is 37.0 Å². The maximum absolute atomic E-state index is 12.8. The molecule has 5 heteroatoms. The highest BCUT2D eigenvalue weighted by Crippen LogP contribution is 2.33. The van der Waals surface area contributed by atoms with Crippen molar-refractivity contribution in [1.29, 1.82) is 0 Å². The van der Waals surface area contributed by atoms with Gasteiger partial charge in [0, 0.05) is 6.42 Å². The number of ether oxygens (including phenoxy) is 1. The van der Waals surface area contributed by atoms with E-state index < -0.39 is 5.97 Å². The van der Waals surface area contributed by atoms with Gasteiger partial charge >= 0.3 is 5.97 Å². The molecule has 1 aromatic carbocycles. The minimum absolute atomic E-state index is 0.0149. The van der Waals surface area contributed by atoms with Crippen molar-refractivity contribution in [2.45, 2.75) is 37.8 Å². The van der Waals surface area contributed by atoms with Crippen LogP contribution in [-0.4, -0.2) is 29.1 Å². The molecule has 106 valence electrons. The number of rotatable bonds is 3. The number of aliphatic carboxylic acids is 1. The predicted molar refractivity (Wildman–Crippen MR) is 71.2 cm³/mol. The number of fused-ring (bicyclic) bond motifs is 1.